The summed E-state index contributed by atoms with van der Waals surface area (Å²) in [6, 6.07) is 38.1. The van der Waals surface area contributed by atoms with Gasteiger partial charge in [-0.1, -0.05) is 96.0 Å². The molecule has 0 atom stereocenters. The van der Waals surface area contributed by atoms with Crippen LogP contribution in [0.1, 0.15) is 11.4 Å². The van der Waals surface area contributed by atoms with Gasteiger partial charge in [0.1, 0.15) is 5.75 Å². The van der Waals surface area contributed by atoms with Crippen LogP contribution in [-0.2, 0) is 6.42 Å². The lowest BCUT2D eigenvalue weighted by atomic mass is 9.93. The molecule has 11 rings (SSSR count). The maximum absolute atomic E-state index is 14.1. The molecule has 11 aromatic rings. The van der Waals surface area contributed by atoms with Crippen LogP contribution in [0.25, 0.3) is 88.1 Å². The molecule has 5 heterocycles. The van der Waals surface area contributed by atoms with Crippen molar-refractivity contribution in [1.82, 2.24) is 34.1 Å². The number of nitrogens with one attached hydrogen (secondary N) is 2. The van der Waals surface area contributed by atoms with Gasteiger partial charge in [-0.05, 0) is 82.9 Å². The van der Waals surface area contributed by atoms with E-state index in [0.717, 1.165) is 25.6 Å². The van der Waals surface area contributed by atoms with E-state index in [4.69, 9.17) is 28.2 Å². The summed E-state index contributed by atoms with van der Waals surface area (Å²) in [5, 5.41) is 3.98. The van der Waals surface area contributed by atoms with Crippen LogP contribution in [0.2, 0.25) is 10.0 Å². The smallest absolute Gasteiger partial charge is 0.387 e. The van der Waals surface area contributed by atoms with Crippen molar-refractivity contribution in [2.24, 2.45) is 0 Å². The van der Waals surface area contributed by atoms with Crippen molar-refractivity contribution in [3.05, 3.63) is 221 Å². The Morgan fingerprint density at radius 1 is 0.565 bits per heavy atom. The van der Waals surface area contributed by atoms with Crippen LogP contribution in [0, 0.1) is 0 Å². The number of aromatic amines is 2. The summed E-state index contributed by atoms with van der Waals surface area (Å²) in [7, 11) is 0. The van der Waals surface area contributed by atoms with Gasteiger partial charge in [-0.3, -0.25) is 24.5 Å². The summed E-state index contributed by atoms with van der Waals surface area (Å²) in [5.41, 5.74) is 3.82. The highest BCUT2D eigenvalue weighted by molar-refractivity contribution is 6.34. The Hall–Kier alpha value is -8.59. The molecule has 336 valence electrons. The monoisotopic (exact) mass is 953 g/mol. The molecule has 0 radical (unpaired) electrons. The second kappa shape index (κ2) is 17.2. The van der Waals surface area contributed by atoms with Gasteiger partial charge in [0.25, 0.3) is 11.1 Å². The molecular weight excluding hydrogens is 924 g/mol. The van der Waals surface area contributed by atoms with Crippen LogP contribution in [0.4, 0.5) is 8.78 Å². The van der Waals surface area contributed by atoms with Crippen molar-refractivity contribution in [2.45, 2.75) is 13.0 Å². The predicted octanol–water partition coefficient (Wildman–Crippen LogP) is 10.7. The van der Waals surface area contributed by atoms with E-state index in [1.165, 1.54) is 36.7 Å². The number of hydrogen-bond acceptors (Lipinski definition) is 8. The van der Waals surface area contributed by atoms with Crippen molar-refractivity contribution >= 4 is 66.6 Å². The quantitative estimate of drug-likeness (QED) is 0.145. The summed E-state index contributed by atoms with van der Waals surface area (Å²) in [6.07, 6.45) is 6.63. The van der Waals surface area contributed by atoms with Crippen LogP contribution in [0.5, 0.6) is 5.75 Å². The van der Waals surface area contributed by atoms with Gasteiger partial charge in [0.2, 0.25) is 0 Å². The fourth-order valence-electron chi connectivity index (χ4n) is 8.90. The maximum Gasteiger partial charge on any atom is 0.387 e. The minimum atomic E-state index is -3.03. The Labute approximate surface area is 397 Å². The number of halogens is 4. The number of benzene rings is 6. The molecule has 0 aliphatic heterocycles. The molecule has 0 fully saturated rings. The molecule has 0 unspecified atom stereocenters. The second-order valence-electron chi connectivity index (χ2n) is 16.1. The third kappa shape index (κ3) is 7.71. The van der Waals surface area contributed by atoms with Crippen LogP contribution >= 0.6 is 23.2 Å². The third-order valence-corrected chi connectivity index (χ3v) is 12.7. The van der Waals surface area contributed by atoms with Gasteiger partial charge in [0, 0.05) is 67.2 Å². The van der Waals surface area contributed by atoms with Gasteiger partial charge in [-0.2, -0.15) is 8.78 Å². The summed E-state index contributed by atoms with van der Waals surface area (Å²) in [6.45, 7) is -3.03. The van der Waals surface area contributed by atoms with Crippen molar-refractivity contribution < 1.29 is 13.5 Å². The number of nitrogens with zero attached hydrogens (tertiary/aromatic N) is 5. The third-order valence-electron chi connectivity index (χ3n) is 12.0. The van der Waals surface area contributed by atoms with Crippen molar-refractivity contribution in [2.75, 3.05) is 0 Å². The van der Waals surface area contributed by atoms with Crippen molar-refractivity contribution in [1.29, 1.82) is 0 Å². The Balaban J connectivity index is 0.928. The maximum atomic E-state index is 14.1. The molecule has 0 aliphatic carbocycles. The van der Waals surface area contributed by atoms with E-state index in [1.54, 1.807) is 60.9 Å². The first-order valence-corrected chi connectivity index (χ1v) is 22.0. The molecule has 69 heavy (non-hydrogen) atoms. The lowest BCUT2D eigenvalue weighted by Crippen LogP contribution is -2.33. The summed E-state index contributed by atoms with van der Waals surface area (Å²) < 4.78 is 32.6. The van der Waals surface area contributed by atoms with E-state index < -0.39 is 29.1 Å². The highest BCUT2D eigenvalue weighted by Crippen LogP contribution is 2.39. The molecule has 2 N–H and O–H groups in total. The fraction of sp³-hybridized carbons (Fsp3) is 0.0377. The number of fused-ring (bicyclic) bond motifs is 4. The largest absolute Gasteiger partial charge is 0.435 e. The predicted molar refractivity (Wildman–Crippen MR) is 264 cm³/mol. The molecule has 16 heteroatoms. The fourth-order valence-corrected chi connectivity index (χ4v) is 9.41. The van der Waals surface area contributed by atoms with E-state index in [-0.39, 0.29) is 33.8 Å². The average Bonchev–Trinajstić information content (AvgIpc) is 3.34. The van der Waals surface area contributed by atoms with Gasteiger partial charge < -0.3 is 14.7 Å². The van der Waals surface area contributed by atoms with Crippen molar-refractivity contribution in [3.8, 4) is 50.5 Å². The molecule has 6 aromatic carbocycles. The number of hydrogen-bond donors (Lipinski definition) is 2. The van der Waals surface area contributed by atoms with E-state index in [2.05, 4.69) is 24.7 Å². The Kier molecular flexibility index (Phi) is 10.7. The van der Waals surface area contributed by atoms with Crippen molar-refractivity contribution in [3.63, 3.8) is 0 Å². The van der Waals surface area contributed by atoms with Gasteiger partial charge >= 0.3 is 18.0 Å². The molecule has 5 aromatic heterocycles. The van der Waals surface area contributed by atoms with Crippen LogP contribution < -0.4 is 27.2 Å². The zero-order chi connectivity index (χ0) is 47.5. The number of rotatable bonds is 9. The van der Waals surface area contributed by atoms with Gasteiger partial charge in [0.05, 0.1) is 51.3 Å². The normalized spacial score (nSPS) is 11.6. The van der Waals surface area contributed by atoms with Gasteiger partial charge in [-0.15, -0.1) is 0 Å². The Bertz CT molecular complexity index is 4170. The Morgan fingerprint density at radius 2 is 1.22 bits per heavy atom. The van der Waals surface area contributed by atoms with E-state index >= 15 is 0 Å². The Morgan fingerprint density at radius 3 is 1.96 bits per heavy atom. The topological polar surface area (TPSA) is 158 Å². The van der Waals surface area contributed by atoms with Gasteiger partial charge in [-0.25, -0.2) is 18.7 Å². The summed E-state index contributed by atoms with van der Waals surface area (Å²) in [5.74, 6) is -0.0979. The lowest BCUT2D eigenvalue weighted by Gasteiger charge is -2.15. The summed E-state index contributed by atoms with van der Waals surface area (Å²) in [4.78, 5) is 74.9. The zero-order valence-electron chi connectivity index (χ0n) is 35.6. The SMILES string of the molecule is O=c1[nH]c2cc(-c3c(Cl)cccc3-c3ccnc(Cc4ncc(-n5c(=O)[nH]c6cc(-c7cc(OC(F)F)ccc7Cl)ccc6c5=O)c5ccccc45)c3)ccc2c(=O)n1-c1cncc2ccccc12. The molecule has 0 saturated carbocycles. The van der Waals surface area contributed by atoms with E-state index in [0.29, 0.717) is 71.4 Å². The lowest BCUT2D eigenvalue weighted by molar-refractivity contribution is -0.0498. The molecule has 12 nitrogen and oxygen atoms in total. The highest BCUT2D eigenvalue weighted by atomic mass is 35.5. The molecule has 0 bridgehead atoms. The first kappa shape index (κ1) is 43.0. The first-order chi connectivity index (χ1) is 33.5. The second-order valence-corrected chi connectivity index (χ2v) is 16.9. The summed E-state index contributed by atoms with van der Waals surface area (Å²) >= 11 is 13.4. The highest BCUT2D eigenvalue weighted by Gasteiger charge is 2.20. The van der Waals surface area contributed by atoms with Gasteiger partial charge in [0.15, 0.2) is 0 Å². The molecular formula is C53H31Cl2F2N7O5. The molecule has 0 amide bonds. The van der Waals surface area contributed by atoms with Crippen LogP contribution in [0.3, 0.4) is 0 Å². The first-order valence-electron chi connectivity index (χ1n) is 21.3. The van der Waals surface area contributed by atoms with Crippen LogP contribution in [0.15, 0.2) is 177 Å². The molecule has 0 saturated heterocycles. The average molecular weight is 955 g/mol. The number of aromatic nitrogens is 7. The number of alkyl halides is 2. The molecule has 0 aliphatic rings. The van der Waals surface area contributed by atoms with E-state index in [1.807, 2.05) is 60.7 Å². The number of H-pyrrole nitrogens is 2. The number of pyridine rings is 3. The minimum Gasteiger partial charge on any atom is -0.435 e. The zero-order valence-corrected chi connectivity index (χ0v) is 37.1. The van der Waals surface area contributed by atoms with E-state index in [9.17, 15) is 28.0 Å². The van der Waals surface area contributed by atoms with Crippen LogP contribution in [-0.4, -0.2) is 40.7 Å². The number of ether oxygens (including phenoxy) is 1. The minimum absolute atomic E-state index is 0.0979. The standard InChI is InChI=1S/C53H31Cl2F2N7O5/c54-41-17-14-33(69-51(56)57)24-40(41)28-12-15-38-44(21-28)61-53(68)64(50(38)66)47-27-60-43(36-8-3-4-9-37(36)47)23-32-20-29(18-19-59-32)35-10-5-11-42(55)48(35)30-13-16-39-45(22-30)62-52(67)63(49(39)65)46-26-58-25-31-6-1-2-7-34(31)46/h1-22,24-27,51H,23H2,(H,61,68)(H,62,67). The molecule has 0 spiro atoms.